The fraction of sp³-hybridized carbons (Fsp3) is 0.357. The lowest BCUT2D eigenvalue weighted by Gasteiger charge is -2.28. The number of nitrogens with one attached hydrogen (secondary N) is 2. The summed E-state index contributed by atoms with van der Waals surface area (Å²) in [6.45, 7) is 1.59. The van der Waals surface area contributed by atoms with Gasteiger partial charge in [0, 0.05) is 24.7 Å². The van der Waals surface area contributed by atoms with Gasteiger partial charge in [0.25, 0.3) is 11.6 Å². The monoisotopic (exact) mass is 365 g/mol. The highest BCUT2D eigenvalue weighted by Gasteiger charge is 2.23. The maximum absolute atomic E-state index is 12.3. The molecule has 1 aromatic carbocycles. The van der Waals surface area contributed by atoms with Crippen LogP contribution in [0.1, 0.15) is 29.6 Å². The number of nitro groups is 1. The molecule has 0 aliphatic carbocycles. The average molecular weight is 365 g/mol. The van der Waals surface area contributed by atoms with Crippen molar-refractivity contribution >= 4 is 46.0 Å². The van der Waals surface area contributed by atoms with Crippen molar-refractivity contribution in [2.45, 2.75) is 19.3 Å². The van der Waals surface area contributed by atoms with Crippen molar-refractivity contribution in [2.75, 3.05) is 23.3 Å². The van der Waals surface area contributed by atoms with E-state index in [0.29, 0.717) is 14.8 Å². The molecular weight excluding hydrogens is 350 g/mol. The predicted molar refractivity (Wildman–Crippen MR) is 94.4 cm³/mol. The van der Waals surface area contributed by atoms with Crippen molar-refractivity contribution in [3.8, 4) is 0 Å². The summed E-state index contributed by atoms with van der Waals surface area (Å²) in [5, 5.41) is 20.7. The fourth-order valence-corrected chi connectivity index (χ4v) is 3.45. The van der Waals surface area contributed by atoms with Crippen molar-refractivity contribution in [1.82, 2.24) is 10.2 Å². The van der Waals surface area contributed by atoms with Crippen molar-refractivity contribution in [1.29, 1.82) is 0 Å². The van der Waals surface area contributed by atoms with Crippen molar-refractivity contribution in [3.63, 3.8) is 0 Å². The van der Waals surface area contributed by atoms with Crippen LogP contribution in [0.4, 0.5) is 16.5 Å². The van der Waals surface area contributed by atoms with Gasteiger partial charge in [-0.05, 0) is 43.6 Å². The van der Waals surface area contributed by atoms with Crippen molar-refractivity contribution in [2.24, 2.45) is 0 Å². The first-order valence-corrected chi connectivity index (χ1v) is 8.67. The maximum Gasteiger partial charge on any atom is 0.293 e. The third-order valence-electron chi connectivity index (χ3n) is 3.79. The predicted octanol–water partition coefficient (Wildman–Crippen LogP) is 3.35. The molecule has 1 aromatic heterocycles. The van der Waals surface area contributed by atoms with E-state index in [2.05, 4.69) is 15.5 Å². The number of carbonyl (C=O) groups is 1. The van der Waals surface area contributed by atoms with Crippen LogP contribution in [0.15, 0.2) is 18.2 Å². The number of carbonyl (C=O) groups excluding carboxylic acids is 1. The molecule has 24 heavy (non-hydrogen) atoms. The summed E-state index contributed by atoms with van der Waals surface area (Å²) in [6, 6.07) is 4.55. The second-order valence-corrected chi connectivity index (χ2v) is 7.05. The Balaban J connectivity index is 1.86. The Morgan fingerprint density at radius 2 is 2.12 bits per heavy atom. The number of anilines is 2. The van der Waals surface area contributed by atoms with Crippen LogP contribution in [-0.4, -0.2) is 34.1 Å². The summed E-state index contributed by atoms with van der Waals surface area (Å²) in [7, 11) is 0. The highest BCUT2D eigenvalue weighted by molar-refractivity contribution is 7.73. The zero-order chi connectivity index (χ0) is 17.1. The normalized spacial score (nSPS) is 14.4. The molecule has 0 spiro atoms. The SMILES string of the molecule is O=C(Nc1n[nH]c(=S)s1)c1ccc(N2CCCCC2)c([N+](=O)[O-])c1. The molecule has 1 aliphatic rings. The van der Waals surface area contributed by atoms with Gasteiger partial charge in [0.1, 0.15) is 5.69 Å². The summed E-state index contributed by atoms with van der Waals surface area (Å²) in [6.07, 6.45) is 3.17. The van der Waals surface area contributed by atoms with Crippen LogP contribution in [0.3, 0.4) is 0 Å². The van der Waals surface area contributed by atoms with E-state index in [9.17, 15) is 14.9 Å². The van der Waals surface area contributed by atoms with Gasteiger partial charge in [-0.2, -0.15) is 0 Å². The second kappa shape index (κ2) is 7.05. The third kappa shape index (κ3) is 3.60. The molecular formula is C14H15N5O3S2. The van der Waals surface area contributed by atoms with Gasteiger partial charge in [0.05, 0.1) is 4.92 Å². The first-order chi connectivity index (χ1) is 11.5. The van der Waals surface area contributed by atoms with Gasteiger partial charge in [-0.1, -0.05) is 11.3 Å². The molecule has 1 fully saturated rings. The van der Waals surface area contributed by atoms with Crippen LogP contribution in [0.25, 0.3) is 0 Å². The number of hydrogen-bond acceptors (Lipinski definition) is 7. The number of nitrogens with zero attached hydrogens (tertiary/aromatic N) is 3. The molecule has 0 saturated carbocycles. The van der Waals surface area contributed by atoms with Crippen molar-refractivity contribution in [3.05, 3.63) is 37.8 Å². The van der Waals surface area contributed by atoms with Gasteiger partial charge in [0.2, 0.25) is 5.13 Å². The molecule has 10 heteroatoms. The van der Waals surface area contributed by atoms with Gasteiger partial charge in [-0.25, -0.2) is 0 Å². The molecule has 2 heterocycles. The molecule has 8 nitrogen and oxygen atoms in total. The first kappa shape index (κ1) is 16.5. The topological polar surface area (TPSA) is 104 Å². The summed E-state index contributed by atoms with van der Waals surface area (Å²) < 4.78 is 0.441. The number of H-pyrrole nitrogens is 1. The highest BCUT2D eigenvalue weighted by Crippen LogP contribution is 2.31. The number of nitro benzene ring substituents is 1. The lowest BCUT2D eigenvalue weighted by molar-refractivity contribution is -0.384. The molecule has 126 valence electrons. The Morgan fingerprint density at radius 3 is 2.75 bits per heavy atom. The van der Waals surface area contributed by atoms with Crippen molar-refractivity contribution < 1.29 is 9.72 Å². The Hall–Kier alpha value is -2.33. The first-order valence-electron chi connectivity index (χ1n) is 7.45. The van der Waals surface area contributed by atoms with Gasteiger partial charge in [-0.15, -0.1) is 5.10 Å². The number of rotatable bonds is 4. The number of hydrogen-bond donors (Lipinski definition) is 2. The number of amides is 1. The molecule has 0 atom stereocenters. The quantitative estimate of drug-likeness (QED) is 0.489. The Morgan fingerprint density at radius 1 is 1.38 bits per heavy atom. The molecule has 0 bridgehead atoms. The zero-order valence-corrected chi connectivity index (χ0v) is 14.3. The second-order valence-electron chi connectivity index (χ2n) is 5.38. The Kier molecular flexibility index (Phi) is 4.86. The minimum atomic E-state index is -0.457. The maximum atomic E-state index is 12.3. The van der Waals surface area contributed by atoms with Crippen LogP contribution in [-0.2, 0) is 0 Å². The van der Waals surface area contributed by atoms with Crippen LogP contribution in [0, 0.1) is 14.1 Å². The molecule has 2 aromatic rings. The number of aromatic amines is 1. The number of aromatic nitrogens is 2. The molecule has 3 rings (SSSR count). The lowest BCUT2D eigenvalue weighted by Crippen LogP contribution is -2.30. The molecule has 1 saturated heterocycles. The standard InChI is InChI=1S/C14H15N5O3S2/c20-12(15-13-16-17-14(23)24-13)9-4-5-10(11(8-9)19(21)22)18-6-2-1-3-7-18/h4-5,8H,1-3,6-7H2,(H,17,23)(H,15,16,20). The highest BCUT2D eigenvalue weighted by atomic mass is 32.1. The summed E-state index contributed by atoms with van der Waals surface area (Å²) >= 11 is 6.02. The van der Waals surface area contributed by atoms with Crippen LogP contribution in [0.2, 0.25) is 0 Å². The minimum Gasteiger partial charge on any atom is -0.366 e. The third-order valence-corrected chi connectivity index (χ3v) is 4.79. The van der Waals surface area contributed by atoms with Crippen LogP contribution >= 0.6 is 23.6 Å². The zero-order valence-electron chi connectivity index (χ0n) is 12.7. The van der Waals surface area contributed by atoms with Crippen LogP contribution < -0.4 is 10.2 Å². The largest absolute Gasteiger partial charge is 0.366 e. The summed E-state index contributed by atoms with van der Waals surface area (Å²) in [5.74, 6) is -0.457. The van der Waals surface area contributed by atoms with E-state index in [1.54, 1.807) is 12.1 Å². The minimum absolute atomic E-state index is 0.0563. The van der Waals surface area contributed by atoms with E-state index >= 15 is 0 Å². The van der Waals surface area contributed by atoms with Gasteiger partial charge in [-0.3, -0.25) is 25.3 Å². The Bertz CT molecular complexity index is 826. The summed E-state index contributed by atoms with van der Waals surface area (Å²) in [4.78, 5) is 25.2. The van der Waals surface area contributed by atoms with E-state index in [1.165, 1.54) is 6.07 Å². The summed E-state index contributed by atoms with van der Waals surface area (Å²) in [5.41, 5.74) is 0.717. The Labute approximate surface area is 146 Å². The van der Waals surface area contributed by atoms with Gasteiger partial charge < -0.3 is 4.90 Å². The smallest absolute Gasteiger partial charge is 0.293 e. The lowest BCUT2D eigenvalue weighted by atomic mass is 10.1. The average Bonchev–Trinajstić information content (AvgIpc) is 3.00. The van der Waals surface area contributed by atoms with E-state index in [1.807, 2.05) is 4.90 Å². The van der Waals surface area contributed by atoms with E-state index in [4.69, 9.17) is 12.2 Å². The molecule has 2 N–H and O–H groups in total. The molecule has 0 radical (unpaired) electrons. The van der Waals surface area contributed by atoms with E-state index in [0.717, 1.165) is 43.7 Å². The van der Waals surface area contributed by atoms with Crippen LogP contribution in [0.5, 0.6) is 0 Å². The van der Waals surface area contributed by atoms with Gasteiger partial charge in [0.15, 0.2) is 3.95 Å². The molecule has 0 unspecified atom stereocenters. The van der Waals surface area contributed by atoms with E-state index in [-0.39, 0.29) is 11.3 Å². The van der Waals surface area contributed by atoms with E-state index < -0.39 is 10.8 Å². The number of piperidine rings is 1. The molecule has 1 aliphatic heterocycles. The van der Waals surface area contributed by atoms with Gasteiger partial charge >= 0.3 is 0 Å². The fourth-order valence-electron chi connectivity index (χ4n) is 2.67. The number of benzene rings is 1. The molecule has 1 amide bonds.